The lowest BCUT2D eigenvalue weighted by Gasteiger charge is -2.11. The average Bonchev–Trinajstić information content (AvgIpc) is 3.38. The molecule has 2 amide bonds. The van der Waals surface area contributed by atoms with Crippen LogP contribution in [0, 0.1) is 6.92 Å². The van der Waals surface area contributed by atoms with Crippen LogP contribution in [0.4, 0.5) is 10.8 Å². The van der Waals surface area contributed by atoms with Crippen molar-refractivity contribution in [3.8, 4) is 0 Å². The number of rotatable bonds is 6. The van der Waals surface area contributed by atoms with Gasteiger partial charge < -0.3 is 10.6 Å². The van der Waals surface area contributed by atoms with Crippen LogP contribution in [0.25, 0.3) is 10.2 Å². The van der Waals surface area contributed by atoms with E-state index in [9.17, 15) is 9.59 Å². The Morgan fingerprint density at radius 1 is 1.07 bits per heavy atom. The highest BCUT2D eigenvalue weighted by molar-refractivity contribution is 8.00. The van der Waals surface area contributed by atoms with Crippen molar-refractivity contribution < 1.29 is 9.59 Å². The third-order valence-electron chi connectivity index (χ3n) is 4.31. The summed E-state index contributed by atoms with van der Waals surface area (Å²) in [7, 11) is 0. The number of thioether (sulfide) groups is 1. The van der Waals surface area contributed by atoms with Crippen molar-refractivity contribution >= 4 is 67.3 Å². The number of hydrogen-bond acceptors (Lipinski definition) is 6. The molecular weight excluding hydrogens is 434 g/mol. The summed E-state index contributed by atoms with van der Waals surface area (Å²) in [6.45, 7) is 3.90. The molecule has 4 aromatic rings. The molecule has 1 atom stereocenters. The second-order valence-corrected chi connectivity index (χ2v) is 10.1. The third-order valence-corrected chi connectivity index (χ3v) is 7.23. The van der Waals surface area contributed by atoms with E-state index in [0.29, 0.717) is 10.0 Å². The average molecular weight is 454 g/mol. The lowest BCUT2D eigenvalue weighted by Crippen LogP contribution is -2.22. The second-order valence-electron chi connectivity index (χ2n) is 6.70. The van der Waals surface area contributed by atoms with E-state index in [4.69, 9.17) is 0 Å². The molecular formula is C22H19N3O2S3. The van der Waals surface area contributed by atoms with Gasteiger partial charge in [0.25, 0.3) is 5.91 Å². The molecule has 0 aliphatic carbocycles. The predicted molar refractivity (Wildman–Crippen MR) is 127 cm³/mol. The Morgan fingerprint density at radius 3 is 2.60 bits per heavy atom. The van der Waals surface area contributed by atoms with Crippen LogP contribution in [-0.4, -0.2) is 22.0 Å². The molecule has 2 aromatic carbocycles. The Bertz CT molecular complexity index is 1180. The first-order valence-corrected chi connectivity index (χ1v) is 11.8. The fraction of sp³-hybridized carbons (Fsp3) is 0.136. The lowest BCUT2D eigenvalue weighted by atomic mass is 10.2. The summed E-state index contributed by atoms with van der Waals surface area (Å²) in [5.41, 5.74) is 2.78. The van der Waals surface area contributed by atoms with E-state index in [1.54, 1.807) is 6.07 Å². The van der Waals surface area contributed by atoms with Crippen molar-refractivity contribution in [3.63, 3.8) is 0 Å². The van der Waals surface area contributed by atoms with Crippen molar-refractivity contribution in [3.05, 3.63) is 70.4 Å². The molecule has 0 bridgehead atoms. The number of thiophene rings is 1. The number of aryl methyl sites for hydroxylation is 1. The Labute approximate surface area is 186 Å². The highest BCUT2D eigenvalue weighted by Crippen LogP contribution is 2.29. The highest BCUT2D eigenvalue weighted by atomic mass is 32.2. The minimum Gasteiger partial charge on any atom is -0.321 e. The molecule has 2 aromatic heterocycles. The van der Waals surface area contributed by atoms with Gasteiger partial charge in [0.05, 0.1) is 20.3 Å². The van der Waals surface area contributed by atoms with Gasteiger partial charge in [-0.1, -0.05) is 23.5 Å². The first-order chi connectivity index (χ1) is 14.5. The maximum absolute atomic E-state index is 12.6. The van der Waals surface area contributed by atoms with E-state index in [1.807, 2.05) is 61.7 Å². The van der Waals surface area contributed by atoms with Gasteiger partial charge in [-0.3, -0.25) is 9.59 Å². The Kier molecular flexibility index (Phi) is 6.17. The minimum atomic E-state index is -0.287. The summed E-state index contributed by atoms with van der Waals surface area (Å²) in [5.74, 6) is -0.213. The molecule has 0 aliphatic heterocycles. The zero-order valence-electron chi connectivity index (χ0n) is 16.3. The molecule has 0 saturated carbocycles. The molecule has 8 heteroatoms. The van der Waals surface area contributed by atoms with Gasteiger partial charge in [0.15, 0.2) is 5.13 Å². The number of nitrogens with zero attached hydrogens (tertiary/aromatic N) is 1. The van der Waals surface area contributed by atoms with Gasteiger partial charge in [0, 0.05) is 10.6 Å². The normalized spacial score (nSPS) is 11.9. The van der Waals surface area contributed by atoms with E-state index >= 15 is 0 Å². The Balaban J connectivity index is 1.34. The summed E-state index contributed by atoms with van der Waals surface area (Å²) in [6.07, 6.45) is 0. The summed E-state index contributed by atoms with van der Waals surface area (Å²) in [5, 5.41) is 7.98. The van der Waals surface area contributed by atoms with Crippen molar-refractivity contribution in [2.75, 3.05) is 10.6 Å². The number of carbonyl (C=O) groups is 2. The molecule has 0 spiro atoms. The standard InChI is InChI=1S/C22H19N3O2S3/c1-13-5-10-17-19(12-13)30-22(24-17)25-20(26)14(2)29-16-8-6-15(7-9-16)23-21(27)18-4-3-11-28-18/h3-12,14H,1-2H3,(H,23,27)(H,24,25,26). The number of nitrogens with one attached hydrogen (secondary N) is 2. The number of carbonyl (C=O) groups excluding carboxylic acids is 2. The van der Waals surface area contributed by atoms with Crippen LogP contribution >= 0.6 is 34.4 Å². The summed E-state index contributed by atoms with van der Waals surface area (Å²) >= 11 is 4.34. The molecule has 5 nitrogen and oxygen atoms in total. The van der Waals surface area contributed by atoms with Gasteiger partial charge in [-0.25, -0.2) is 4.98 Å². The Hall–Kier alpha value is -2.68. The van der Waals surface area contributed by atoms with Crippen LogP contribution in [-0.2, 0) is 4.79 Å². The summed E-state index contributed by atoms with van der Waals surface area (Å²) in [4.78, 5) is 30.8. The fourth-order valence-electron chi connectivity index (χ4n) is 2.77. The zero-order valence-corrected chi connectivity index (χ0v) is 18.8. The molecule has 30 heavy (non-hydrogen) atoms. The zero-order chi connectivity index (χ0) is 21.1. The van der Waals surface area contributed by atoms with E-state index in [-0.39, 0.29) is 17.1 Å². The van der Waals surface area contributed by atoms with Gasteiger partial charge in [-0.2, -0.15) is 0 Å². The van der Waals surface area contributed by atoms with Gasteiger partial charge in [0.1, 0.15) is 0 Å². The lowest BCUT2D eigenvalue weighted by molar-refractivity contribution is -0.115. The molecule has 0 radical (unpaired) electrons. The number of amides is 2. The summed E-state index contributed by atoms with van der Waals surface area (Å²) in [6, 6.07) is 17.2. The fourth-order valence-corrected chi connectivity index (χ4v) is 5.22. The van der Waals surface area contributed by atoms with Crippen molar-refractivity contribution in [2.24, 2.45) is 0 Å². The first-order valence-electron chi connectivity index (χ1n) is 9.27. The van der Waals surface area contributed by atoms with E-state index in [0.717, 1.165) is 20.8 Å². The van der Waals surface area contributed by atoms with Crippen molar-refractivity contribution in [2.45, 2.75) is 24.0 Å². The third kappa shape index (κ3) is 4.89. The number of aromatic nitrogens is 1. The van der Waals surface area contributed by atoms with E-state index in [1.165, 1.54) is 40.0 Å². The smallest absolute Gasteiger partial charge is 0.265 e. The maximum atomic E-state index is 12.6. The molecule has 0 aliphatic rings. The molecule has 1 unspecified atom stereocenters. The van der Waals surface area contributed by atoms with Gasteiger partial charge in [0.2, 0.25) is 5.91 Å². The number of hydrogen-bond donors (Lipinski definition) is 2. The quantitative estimate of drug-likeness (QED) is 0.349. The molecule has 0 saturated heterocycles. The van der Waals surface area contributed by atoms with Crippen LogP contribution in [0.15, 0.2) is 64.9 Å². The molecule has 152 valence electrons. The number of fused-ring (bicyclic) bond motifs is 1. The molecule has 4 rings (SSSR count). The van der Waals surface area contributed by atoms with E-state index in [2.05, 4.69) is 21.7 Å². The molecule has 2 N–H and O–H groups in total. The number of benzene rings is 2. The SMILES string of the molecule is Cc1ccc2nc(NC(=O)C(C)Sc3ccc(NC(=O)c4cccs4)cc3)sc2c1. The second kappa shape index (κ2) is 8.99. The topological polar surface area (TPSA) is 71.1 Å². The van der Waals surface area contributed by atoms with Crippen molar-refractivity contribution in [1.29, 1.82) is 0 Å². The Morgan fingerprint density at radius 2 is 1.87 bits per heavy atom. The maximum Gasteiger partial charge on any atom is 0.265 e. The monoisotopic (exact) mass is 453 g/mol. The van der Waals surface area contributed by atoms with Crippen molar-refractivity contribution in [1.82, 2.24) is 4.98 Å². The van der Waals surface area contributed by atoms with Crippen LogP contribution < -0.4 is 10.6 Å². The predicted octanol–water partition coefficient (Wildman–Crippen LogP) is 6.04. The van der Waals surface area contributed by atoms with Gasteiger partial charge in [-0.05, 0) is 67.3 Å². The van der Waals surface area contributed by atoms with Crippen LogP contribution in [0.3, 0.4) is 0 Å². The summed E-state index contributed by atoms with van der Waals surface area (Å²) < 4.78 is 1.06. The van der Waals surface area contributed by atoms with Gasteiger partial charge in [-0.15, -0.1) is 23.1 Å². The number of anilines is 2. The molecule has 0 fully saturated rings. The highest BCUT2D eigenvalue weighted by Gasteiger charge is 2.17. The largest absolute Gasteiger partial charge is 0.321 e. The minimum absolute atomic E-state index is 0.0918. The first kappa shape index (κ1) is 20.6. The van der Waals surface area contributed by atoms with E-state index < -0.39 is 0 Å². The molecule has 2 heterocycles. The van der Waals surface area contributed by atoms with Crippen LogP contribution in [0.2, 0.25) is 0 Å². The van der Waals surface area contributed by atoms with Crippen LogP contribution in [0.5, 0.6) is 0 Å². The van der Waals surface area contributed by atoms with Gasteiger partial charge >= 0.3 is 0 Å². The van der Waals surface area contributed by atoms with Crippen LogP contribution in [0.1, 0.15) is 22.2 Å². The number of thiazole rings is 1.